The average molecular weight is 454 g/mol. The zero-order valence-electron chi connectivity index (χ0n) is 20.9. The summed E-state index contributed by atoms with van der Waals surface area (Å²) < 4.78 is 18.2. The van der Waals surface area contributed by atoms with E-state index in [2.05, 4.69) is 31.9 Å². The topological polar surface area (TPSA) is 86.4 Å². The highest BCUT2D eigenvalue weighted by molar-refractivity contribution is 5.94. The predicted molar refractivity (Wildman–Crippen MR) is 128 cm³/mol. The summed E-state index contributed by atoms with van der Waals surface area (Å²) in [6, 6.07) is 12.0. The summed E-state index contributed by atoms with van der Waals surface area (Å²) in [5.41, 5.74) is 3.61. The lowest BCUT2D eigenvalue weighted by Crippen LogP contribution is -2.21. The number of carbonyl (C=O) groups excluding carboxylic acids is 1. The summed E-state index contributed by atoms with van der Waals surface area (Å²) in [4.78, 5) is 12.0. The van der Waals surface area contributed by atoms with Crippen LogP contribution in [-0.4, -0.2) is 28.8 Å². The maximum atomic E-state index is 12.0. The Hall–Kier alpha value is -3.27. The van der Waals surface area contributed by atoms with Crippen LogP contribution in [0.5, 0.6) is 0 Å². The number of rotatable bonds is 8. The van der Waals surface area contributed by atoms with Gasteiger partial charge in [0, 0.05) is 13.5 Å². The third kappa shape index (κ3) is 7.11. The zero-order chi connectivity index (χ0) is 24.8. The van der Waals surface area contributed by atoms with Gasteiger partial charge in [0.15, 0.2) is 5.76 Å². The van der Waals surface area contributed by atoms with Crippen LogP contribution in [0.3, 0.4) is 0 Å². The molecule has 0 fully saturated rings. The minimum Gasteiger partial charge on any atom is -0.451 e. The van der Waals surface area contributed by atoms with Crippen LogP contribution in [0.2, 0.25) is 0 Å². The van der Waals surface area contributed by atoms with E-state index in [0.717, 1.165) is 11.3 Å². The molecule has 1 aromatic heterocycles. The highest BCUT2D eigenvalue weighted by atomic mass is 16.8. The molecule has 0 aliphatic carbocycles. The Morgan fingerprint density at radius 2 is 1.79 bits per heavy atom. The molecule has 7 heteroatoms. The zero-order valence-corrected chi connectivity index (χ0v) is 20.9. The van der Waals surface area contributed by atoms with Crippen LogP contribution in [0.1, 0.15) is 71.0 Å². The lowest BCUT2D eigenvalue weighted by Gasteiger charge is -2.21. The third-order valence-corrected chi connectivity index (χ3v) is 4.89. The molecule has 2 rings (SSSR count). The Labute approximate surface area is 197 Å². The molecule has 0 saturated carbocycles. The SMILES string of the molecule is CCn1nc(C)cc1/C(OC(C)OC(=O)OCC(C)C)=C(\C#N)c1ccc(C(C)(C)C)cc1. The molecule has 33 heavy (non-hydrogen) atoms. The summed E-state index contributed by atoms with van der Waals surface area (Å²) in [5, 5.41) is 14.6. The smallest absolute Gasteiger partial charge is 0.451 e. The third-order valence-electron chi connectivity index (χ3n) is 4.89. The van der Waals surface area contributed by atoms with Crippen LogP contribution in [-0.2, 0) is 26.2 Å². The van der Waals surface area contributed by atoms with Crippen molar-refractivity contribution in [1.82, 2.24) is 9.78 Å². The molecule has 1 aromatic carbocycles. The van der Waals surface area contributed by atoms with Gasteiger partial charge < -0.3 is 14.2 Å². The van der Waals surface area contributed by atoms with Crippen LogP contribution < -0.4 is 0 Å². The second kappa shape index (κ2) is 11.0. The van der Waals surface area contributed by atoms with Crippen molar-refractivity contribution in [3.8, 4) is 6.07 Å². The van der Waals surface area contributed by atoms with E-state index >= 15 is 0 Å². The molecule has 0 spiro atoms. The summed E-state index contributed by atoms with van der Waals surface area (Å²) in [6.45, 7) is 16.5. The predicted octanol–water partition coefficient (Wildman–Crippen LogP) is 6.07. The molecule has 1 heterocycles. The first-order chi connectivity index (χ1) is 15.5. The lowest BCUT2D eigenvalue weighted by molar-refractivity contribution is -0.0690. The number of aromatic nitrogens is 2. The first kappa shape index (κ1) is 26.0. The number of nitrogens with zero attached hydrogens (tertiary/aromatic N) is 3. The molecule has 1 unspecified atom stereocenters. The fourth-order valence-corrected chi connectivity index (χ4v) is 3.19. The number of ether oxygens (including phenoxy) is 3. The van der Waals surface area contributed by atoms with Crippen LogP contribution in [0.25, 0.3) is 11.3 Å². The molecule has 1 atom stereocenters. The maximum Gasteiger partial charge on any atom is 0.511 e. The van der Waals surface area contributed by atoms with Gasteiger partial charge in [-0.2, -0.15) is 10.4 Å². The maximum absolute atomic E-state index is 12.0. The molecular weight excluding hydrogens is 418 g/mol. The molecule has 178 valence electrons. The van der Waals surface area contributed by atoms with Gasteiger partial charge in [-0.3, -0.25) is 4.68 Å². The second-order valence-corrected chi connectivity index (χ2v) is 9.39. The molecular formula is C26H35N3O4. The Balaban J connectivity index is 2.48. The van der Waals surface area contributed by atoms with Gasteiger partial charge >= 0.3 is 6.16 Å². The largest absolute Gasteiger partial charge is 0.511 e. The van der Waals surface area contributed by atoms with Crippen molar-refractivity contribution in [1.29, 1.82) is 5.26 Å². The first-order valence-electron chi connectivity index (χ1n) is 11.3. The Morgan fingerprint density at radius 1 is 1.15 bits per heavy atom. The van der Waals surface area contributed by atoms with E-state index in [1.165, 1.54) is 0 Å². The Bertz CT molecular complexity index is 1020. The van der Waals surface area contributed by atoms with E-state index in [1.54, 1.807) is 11.6 Å². The van der Waals surface area contributed by atoms with Crippen molar-refractivity contribution in [2.45, 2.75) is 73.6 Å². The molecule has 7 nitrogen and oxygen atoms in total. The van der Waals surface area contributed by atoms with Gasteiger partial charge in [0.2, 0.25) is 6.29 Å². The molecule has 0 saturated heterocycles. The molecule has 0 N–H and O–H groups in total. The van der Waals surface area contributed by atoms with Gasteiger partial charge in [-0.1, -0.05) is 58.9 Å². The van der Waals surface area contributed by atoms with Crippen molar-refractivity contribution < 1.29 is 19.0 Å². The van der Waals surface area contributed by atoms with Crippen LogP contribution in [0.4, 0.5) is 4.79 Å². The first-order valence-corrected chi connectivity index (χ1v) is 11.3. The highest BCUT2D eigenvalue weighted by Gasteiger charge is 2.23. The molecule has 2 aromatic rings. The number of allylic oxidation sites excluding steroid dienone is 1. The molecule has 0 aliphatic rings. The van der Waals surface area contributed by atoms with Gasteiger partial charge in [0.1, 0.15) is 17.3 Å². The molecule has 0 amide bonds. The monoisotopic (exact) mass is 453 g/mol. The van der Waals surface area contributed by atoms with Crippen molar-refractivity contribution in [3.63, 3.8) is 0 Å². The summed E-state index contributed by atoms with van der Waals surface area (Å²) in [7, 11) is 0. The van der Waals surface area contributed by atoms with E-state index in [1.807, 2.05) is 58.0 Å². The summed E-state index contributed by atoms with van der Waals surface area (Å²) in [5.74, 6) is 0.486. The van der Waals surface area contributed by atoms with Crippen LogP contribution >= 0.6 is 0 Å². The minimum absolute atomic E-state index is 0.00890. The van der Waals surface area contributed by atoms with Gasteiger partial charge in [-0.25, -0.2) is 4.79 Å². The number of benzene rings is 1. The number of nitriles is 1. The van der Waals surface area contributed by atoms with E-state index in [4.69, 9.17) is 14.2 Å². The average Bonchev–Trinajstić information content (AvgIpc) is 3.12. The molecule has 0 bridgehead atoms. The number of hydrogen-bond donors (Lipinski definition) is 0. The second-order valence-electron chi connectivity index (χ2n) is 9.39. The lowest BCUT2D eigenvalue weighted by atomic mass is 9.86. The fraction of sp³-hybridized carbons (Fsp3) is 0.500. The van der Waals surface area contributed by atoms with Crippen molar-refractivity contribution in [2.24, 2.45) is 5.92 Å². The van der Waals surface area contributed by atoms with E-state index < -0.39 is 12.4 Å². The van der Waals surface area contributed by atoms with Crippen LogP contribution in [0.15, 0.2) is 30.3 Å². The number of carbonyl (C=O) groups is 1. The van der Waals surface area contributed by atoms with E-state index in [-0.39, 0.29) is 17.9 Å². The van der Waals surface area contributed by atoms with E-state index in [9.17, 15) is 10.1 Å². The van der Waals surface area contributed by atoms with Gasteiger partial charge in [0.25, 0.3) is 0 Å². The van der Waals surface area contributed by atoms with Crippen molar-refractivity contribution in [3.05, 3.63) is 52.8 Å². The van der Waals surface area contributed by atoms with Gasteiger partial charge in [-0.05, 0) is 42.4 Å². The fourth-order valence-electron chi connectivity index (χ4n) is 3.19. The van der Waals surface area contributed by atoms with Gasteiger partial charge in [0.05, 0.1) is 12.3 Å². The normalized spacial score (nSPS) is 13.2. The van der Waals surface area contributed by atoms with Crippen molar-refractivity contribution >= 4 is 17.5 Å². The quantitative estimate of drug-likeness (QED) is 0.209. The Kier molecular flexibility index (Phi) is 8.69. The molecule has 0 aliphatic heterocycles. The Morgan fingerprint density at radius 3 is 2.30 bits per heavy atom. The van der Waals surface area contributed by atoms with E-state index in [0.29, 0.717) is 29.1 Å². The van der Waals surface area contributed by atoms with Crippen molar-refractivity contribution in [2.75, 3.05) is 6.61 Å². The van der Waals surface area contributed by atoms with Gasteiger partial charge in [-0.15, -0.1) is 0 Å². The standard InChI is InChI=1S/C26H35N3O4/c1-9-29-23(14-18(4)28-29)24(32-19(5)33-25(30)31-16-17(2)3)22(15-27)20-10-12-21(13-11-20)26(6,7)8/h10-14,17,19H,9,16H2,1-8H3/b24-22-. The number of aryl methyl sites for hydroxylation is 2. The number of hydrogen-bond acceptors (Lipinski definition) is 6. The summed E-state index contributed by atoms with van der Waals surface area (Å²) in [6.07, 6.45) is -1.79. The molecule has 0 radical (unpaired) electrons. The summed E-state index contributed by atoms with van der Waals surface area (Å²) >= 11 is 0. The van der Waals surface area contributed by atoms with Crippen LogP contribution in [0, 0.1) is 24.2 Å². The minimum atomic E-state index is -0.975. The highest BCUT2D eigenvalue weighted by Crippen LogP contribution is 2.31.